The summed E-state index contributed by atoms with van der Waals surface area (Å²) in [5, 5.41) is 0. The highest BCUT2D eigenvalue weighted by Crippen LogP contribution is 2.02. The summed E-state index contributed by atoms with van der Waals surface area (Å²) < 4.78 is 5.17. The first-order chi connectivity index (χ1) is 4.30. The first-order valence-electron chi connectivity index (χ1n) is 2.83. The molecule has 0 atom stereocenters. The van der Waals surface area contributed by atoms with Crippen LogP contribution in [0.4, 0.5) is 4.79 Å². The van der Waals surface area contributed by atoms with Crippen molar-refractivity contribution in [2.45, 2.75) is 0 Å². The molecule has 1 aliphatic rings. The third kappa shape index (κ3) is 2.09. The molecule has 0 aromatic carbocycles. The SMILES string of the molecule is O=C(I)N1CCOCC1. The average molecular weight is 241 g/mol. The van der Waals surface area contributed by atoms with Crippen LogP contribution in [0.1, 0.15) is 0 Å². The van der Waals surface area contributed by atoms with Gasteiger partial charge in [0, 0.05) is 35.7 Å². The lowest BCUT2D eigenvalue weighted by atomic mass is 10.5. The highest BCUT2D eigenvalue weighted by atomic mass is 127. The fourth-order valence-electron chi connectivity index (χ4n) is 0.739. The predicted molar refractivity (Wildman–Crippen MR) is 41.8 cm³/mol. The molecular formula is C5H8INO2. The van der Waals surface area contributed by atoms with Gasteiger partial charge in [-0.25, -0.2) is 0 Å². The minimum absolute atomic E-state index is 0.121. The van der Waals surface area contributed by atoms with E-state index in [1.165, 1.54) is 0 Å². The summed E-state index contributed by atoms with van der Waals surface area (Å²) in [6, 6.07) is 0. The minimum atomic E-state index is 0.121. The van der Waals surface area contributed by atoms with Gasteiger partial charge in [-0.3, -0.25) is 4.79 Å². The molecule has 3 nitrogen and oxygen atoms in total. The second-order valence-corrected chi connectivity index (χ2v) is 2.78. The summed E-state index contributed by atoms with van der Waals surface area (Å²) in [5.74, 6) is 0. The molecule has 0 bridgehead atoms. The highest BCUT2D eigenvalue weighted by molar-refractivity contribution is 14.1. The van der Waals surface area contributed by atoms with E-state index in [2.05, 4.69) is 0 Å². The van der Waals surface area contributed by atoms with Gasteiger partial charge in [0.05, 0.1) is 13.2 Å². The topological polar surface area (TPSA) is 29.5 Å². The van der Waals surface area contributed by atoms with Crippen molar-refractivity contribution in [3.8, 4) is 0 Å². The van der Waals surface area contributed by atoms with Crippen LogP contribution in [0.3, 0.4) is 0 Å². The number of nitrogens with zero attached hydrogens (tertiary/aromatic N) is 1. The summed E-state index contributed by atoms with van der Waals surface area (Å²) >= 11 is 1.79. The zero-order chi connectivity index (χ0) is 6.69. The summed E-state index contributed by atoms with van der Waals surface area (Å²) in [7, 11) is 0. The first-order valence-corrected chi connectivity index (χ1v) is 3.91. The molecule has 1 rings (SSSR count). The zero-order valence-electron chi connectivity index (χ0n) is 4.97. The van der Waals surface area contributed by atoms with Crippen LogP contribution in [-0.2, 0) is 4.74 Å². The van der Waals surface area contributed by atoms with Crippen molar-refractivity contribution >= 4 is 26.5 Å². The van der Waals surface area contributed by atoms with E-state index in [0.717, 1.165) is 13.1 Å². The van der Waals surface area contributed by atoms with Gasteiger partial charge in [0.2, 0.25) is 0 Å². The van der Waals surface area contributed by atoms with E-state index in [9.17, 15) is 4.79 Å². The van der Waals surface area contributed by atoms with E-state index in [0.29, 0.717) is 13.2 Å². The monoisotopic (exact) mass is 241 g/mol. The molecule has 4 heteroatoms. The molecule has 0 aromatic rings. The van der Waals surface area contributed by atoms with Gasteiger partial charge in [0.25, 0.3) is 3.91 Å². The quantitative estimate of drug-likeness (QED) is 0.358. The van der Waals surface area contributed by atoms with Gasteiger partial charge in [-0.1, -0.05) is 0 Å². The smallest absolute Gasteiger partial charge is 0.283 e. The van der Waals surface area contributed by atoms with E-state index in [-0.39, 0.29) is 3.91 Å². The van der Waals surface area contributed by atoms with E-state index in [4.69, 9.17) is 4.74 Å². The Balaban J connectivity index is 2.31. The van der Waals surface area contributed by atoms with Gasteiger partial charge in [0.15, 0.2) is 0 Å². The van der Waals surface area contributed by atoms with Gasteiger partial charge in [0.1, 0.15) is 0 Å². The zero-order valence-corrected chi connectivity index (χ0v) is 7.13. The average Bonchev–Trinajstić information content (AvgIpc) is 1.90. The van der Waals surface area contributed by atoms with E-state index in [1.807, 2.05) is 0 Å². The first kappa shape index (κ1) is 7.27. The standard InChI is InChI=1S/C5H8INO2/c6-5(8)7-1-3-9-4-2-7/h1-4H2. The van der Waals surface area contributed by atoms with Crippen molar-refractivity contribution in [1.29, 1.82) is 0 Å². The summed E-state index contributed by atoms with van der Waals surface area (Å²) in [6.45, 7) is 2.88. The predicted octanol–water partition coefficient (Wildman–Crippen LogP) is 0.874. The Hall–Kier alpha value is 0.160. The normalized spacial score (nSPS) is 19.9. The van der Waals surface area contributed by atoms with Gasteiger partial charge < -0.3 is 9.64 Å². The minimum Gasteiger partial charge on any atom is -0.378 e. The molecule has 0 spiro atoms. The summed E-state index contributed by atoms with van der Waals surface area (Å²) in [4.78, 5) is 12.4. The fourth-order valence-corrected chi connectivity index (χ4v) is 1.22. The summed E-state index contributed by atoms with van der Waals surface area (Å²) in [5.41, 5.74) is 0. The van der Waals surface area contributed by atoms with Crippen molar-refractivity contribution in [1.82, 2.24) is 4.90 Å². The molecule has 0 radical (unpaired) electrons. The van der Waals surface area contributed by atoms with Crippen molar-refractivity contribution in [3.63, 3.8) is 0 Å². The number of ether oxygens (including phenoxy) is 1. The van der Waals surface area contributed by atoms with E-state index >= 15 is 0 Å². The van der Waals surface area contributed by atoms with Crippen molar-refractivity contribution in [2.24, 2.45) is 0 Å². The van der Waals surface area contributed by atoms with E-state index < -0.39 is 0 Å². The maximum absolute atomic E-state index is 10.7. The third-order valence-corrected chi connectivity index (χ3v) is 1.94. The molecule has 52 valence electrons. The molecule has 1 saturated heterocycles. The number of halogens is 1. The van der Waals surface area contributed by atoms with Gasteiger partial charge in [-0.2, -0.15) is 0 Å². The maximum atomic E-state index is 10.7. The number of morpholine rings is 1. The van der Waals surface area contributed by atoms with Crippen LogP contribution in [0.2, 0.25) is 0 Å². The third-order valence-electron chi connectivity index (χ3n) is 1.26. The Bertz CT molecular complexity index is 112. The van der Waals surface area contributed by atoms with Crippen LogP contribution in [0.5, 0.6) is 0 Å². The number of hydrogen-bond donors (Lipinski definition) is 0. The number of amides is 1. The van der Waals surface area contributed by atoms with Crippen LogP contribution in [0.25, 0.3) is 0 Å². The largest absolute Gasteiger partial charge is 0.378 e. The molecule has 9 heavy (non-hydrogen) atoms. The molecular weight excluding hydrogens is 233 g/mol. The molecule has 1 amide bonds. The molecule has 0 aliphatic carbocycles. The Kier molecular flexibility index (Phi) is 2.71. The molecule has 0 N–H and O–H groups in total. The van der Waals surface area contributed by atoms with Crippen molar-refractivity contribution in [2.75, 3.05) is 26.3 Å². The molecule has 1 fully saturated rings. The highest BCUT2D eigenvalue weighted by Gasteiger charge is 2.12. The lowest BCUT2D eigenvalue weighted by molar-refractivity contribution is 0.0600. The van der Waals surface area contributed by atoms with Gasteiger partial charge in [-0.15, -0.1) is 0 Å². The van der Waals surface area contributed by atoms with Crippen molar-refractivity contribution in [3.05, 3.63) is 0 Å². The Morgan fingerprint density at radius 3 is 2.33 bits per heavy atom. The Labute approximate surface area is 67.5 Å². The molecule has 1 aliphatic heterocycles. The van der Waals surface area contributed by atoms with Gasteiger partial charge >= 0.3 is 0 Å². The Morgan fingerprint density at radius 2 is 2.00 bits per heavy atom. The molecule has 0 saturated carbocycles. The van der Waals surface area contributed by atoms with Crippen LogP contribution < -0.4 is 0 Å². The van der Waals surface area contributed by atoms with Crippen LogP contribution in [0, 0.1) is 0 Å². The summed E-state index contributed by atoms with van der Waals surface area (Å²) in [6.07, 6.45) is 0. The van der Waals surface area contributed by atoms with Crippen LogP contribution >= 0.6 is 22.6 Å². The molecule has 0 aromatic heterocycles. The number of carbonyl (C=O) groups excluding carboxylic acids is 1. The lowest BCUT2D eigenvalue weighted by Gasteiger charge is -2.24. The molecule has 1 heterocycles. The lowest BCUT2D eigenvalue weighted by Crippen LogP contribution is -2.37. The molecule has 0 unspecified atom stereocenters. The number of rotatable bonds is 0. The second-order valence-electron chi connectivity index (χ2n) is 1.85. The number of hydrogen-bond acceptors (Lipinski definition) is 2. The maximum Gasteiger partial charge on any atom is 0.283 e. The fraction of sp³-hybridized carbons (Fsp3) is 0.800. The van der Waals surface area contributed by atoms with Crippen LogP contribution in [-0.4, -0.2) is 35.1 Å². The number of carbonyl (C=O) groups is 1. The van der Waals surface area contributed by atoms with Gasteiger partial charge in [-0.05, 0) is 0 Å². The second kappa shape index (κ2) is 3.36. The Morgan fingerprint density at radius 1 is 1.44 bits per heavy atom. The van der Waals surface area contributed by atoms with E-state index in [1.54, 1.807) is 27.5 Å². The van der Waals surface area contributed by atoms with Crippen LogP contribution in [0.15, 0.2) is 0 Å². The van der Waals surface area contributed by atoms with Crippen molar-refractivity contribution < 1.29 is 9.53 Å².